The molecule has 5 rings (SSSR count). The molecule has 9 heteroatoms. The average molecular weight is 662 g/mol. The first-order chi connectivity index (χ1) is 19.3. The number of nitrogens with two attached hydrogens (primary N) is 1. The Hall–Kier alpha value is -3.69. The summed E-state index contributed by atoms with van der Waals surface area (Å²) >= 11 is 6.97. The van der Waals surface area contributed by atoms with Gasteiger partial charge in [0.1, 0.15) is 6.04 Å². The molecule has 2 N–H and O–H groups in total. The molecule has 0 saturated heterocycles. The number of rotatable bonds is 10. The molecule has 7 nitrogen and oxygen atoms in total. The molecular weight excluding hydrogens is 632 g/mol. The zero-order valence-corrected chi connectivity index (χ0v) is 25.5. The number of aromatic nitrogens is 4. The Kier molecular flexibility index (Phi) is 8.52. The predicted octanol–water partition coefficient (Wildman–Crippen LogP) is 7.19. The number of benzene rings is 3. The maximum Gasteiger partial charge on any atom is 0.245 e. The third-order valence-electron chi connectivity index (χ3n) is 6.71. The maximum absolute atomic E-state index is 13.1. The molecular formula is C31H30Br2N6O. The lowest BCUT2D eigenvalue weighted by molar-refractivity contribution is -0.119. The largest absolute Gasteiger partial charge is 0.368 e. The van der Waals surface area contributed by atoms with Gasteiger partial charge in [-0.1, -0.05) is 94.2 Å². The smallest absolute Gasteiger partial charge is 0.245 e. The van der Waals surface area contributed by atoms with Gasteiger partial charge in [0.15, 0.2) is 11.6 Å². The van der Waals surface area contributed by atoms with Gasteiger partial charge in [0.05, 0.1) is 13.1 Å². The second-order valence-corrected chi connectivity index (χ2v) is 11.8. The van der Waals surface area contributed by atoms with E-state index in [1.807, 2.05) is 87.3 Å². The summed E-state index contributed by atoms with van der Waals surface area (Å²) < 4.78 is 5.75. The van der Waals surface area contributed by atoms with Crippen LogP contribution < -0.4 is 10.6 Å². The number of hydrogen-bond donors (Lipinski definition) is 1. The van der Waals surface area contributed by atoms with Crippen LogP contribution in [0.2, 0.25) is 0 Å². The summed E-state index contributed by atoms with van der Waals surface area (Å²) in [5.41, 5.74) is 10.3. The van der Waals surface area contributed by atoms with E-state index in [-0.39, 0.29) is 0 Å². The molecule has 0 bridgehead atoms. The van der Waals surface area contributed by atoms with E-state index >= 15 is 0 Å². The van der Waals surface area contributed by atoms with E-state index in [1.165, 1.54) is 5.56 Å². The summed E-state index contributed by atoms with van der Waals surface area (Å²) in [5, 5.41) is 9.70. The minimum absolute atomic E-state index is 0.376. The van der Waals surface area contributed by atoms with E-state index in [4.69, 9.17) is 15.9 Å². The molecule has 0 spiro atoms. The minimum atomic E-state index is -0.798. The van der Waals surface area contributed by atoms with Crippen LogP contribution in [-0.2, 0) is 17.9 Å². The zero-order chi connectivity index (χ0) is 28.2. The maximum atomic E-state index is 13.1. The third-order valence-corrected chi connectivity index (χ3v) is 7.77. The lowest BCUT2D eigenvalue weighted by Gasteiger charge is -2.28. The Morgan fingerprint density at radius 3 is 1.55 bits per heavy atom. The SMILES string of the molecule is CC(C)c1ccc(C(C(N)=O)N(c2ccn(Cc3ccc(Br)cc3)n2)c2ccn(Cc3ccc(Br)cc3)n2)cc1. The van der Waals surface area contributed by atoms with Gasteiger partial charge in [-0.3, -0.25) is 19.1 Å². The normalized spacial score (nSPS) is 12.0. The molecule has 2 aromatic heterocycles. The van der Waals surface area contributed by atoms with Crippen LogP contribution in [0.1, 0.15) is 48.1 Å². The van der Waals surface area contributed by atoms with Crippen molar-refractivity contribution in [3.8, 4) is 0 Å². The fourth-order valence-electron chi connectivity index (χ4n) is 4.57. The van der Waals surface area contributed by atoms with E-state index < -0.39 is 11.9 Å². The number of anilines is 2. The van der Waals surface area contributed by atoms with Crippen LogP contribution in [0.3, 0.4) is 0 Å². The number of carbonyl (C=O) groups is 1. The third kappa shape index (κ3) is 6.54. The molecule has 1 unspecified atom stereocenters. The lowest BCUT2D eigenvalue weighted by Crippen LogP contribution is -2.35. The summed E-state index contributed by atoms with van der Waals surface area (Å²) in [6.45, 7) is 5.46. The van der Waals surface area contributed by atoms with E-state index in [0.717, 1.165) is 25.6 Å². The molecule has 3 aromatic carbocycles. The Labute approximate surface area is 250 Å². The van der Waals surface area contributed by atoms with Crippen molar-refractivity contribution in [1.82, 2.24) is 19.6 Å². The standard InChI is InChI=1S/C31H30Br2N6O/c1-21(2)24-7-9-25(10-8-24)30(31(34)40)39(28-15-17-37(35-28)19-22-3-11-26(32)12-4-22)29-16-18-38(36-29)20-23-5-13-27(33)14-6-23/h3-18,21,30H,19-20H2,1-2H3,(H2,34,40). The highest BCUT2D eigenvalue weighted by atomic mass is 79.9. The molecule has 0 fully saturated rings. The predicted molar refractivity (Wildman–Crippen MR) is 166 cm³/mol. The van der Waals surface area contributed by atoms with Crippen LogP contribution in [0.4, 0.5) is 11.6 Å². The molecule has 0 aliphatic heterocycles. The van der Waals surface area contributed by atoms with Crippen molar-refractivity contribution in [3.05, 3.63) is 129 Å². The van der Waals surface area contributed by atoms with E-state index in [0.29, 0.717) is 30.6 Å². The second-order valence-electron chi connectivity index (χ2n) is 9.99. The average Bonchev–Trinajstić information content (AvgIpc) is 3.59. The molecule has 1 amide bonds. The fourth-order valence-corrected chi connectivity index (χ4v) is 5.10. The first-order valence-corrected chi connectivity index (χ1v) is 14.6. The molecule has 204 valence electrons. The number of amides is 1. The van der Waals surface area contributed by atoms with Crippen LogP contribution in [0.5, 0.6) is 0 Å². The highest BCUT2D eigenvalue weighted by Gasteiger charge is 2.31. The summed E-state index contributed by atoms with van der Waals surface area (Å²) in [6, 6.07) is 27.3. The van der Waals surface area contributed by atoms with Crippen molar-refractivity contribution < 1.29 is 4.79 Å². The van der Waals surface area contributed by atoms with Gasteiger partial charge < -0.3 is 5.73 Å². The van der Waals surface area contributed by atoms with Crippen molar-refractivity contribution in [3.63, 3.8) is 0 Å². The summed E-state index contributed by atoms with van der Waals surface area (Å²) in [5.74, 6) is 1.06. The molecule has 0 aliphatic carbocycles. The van der Waals surface area contributed by atoms with Crippen LogP contribution in [0.15, 0.2) is 106 Å². The summed E-state index contributed by atoms with van der Waals surface area (Å²) in [6.07, 6.45) is 3.81. The highest BCUT2D eigenvalue weighted by molar-refractivity contribution is 9.10. The van der Waals surface area contributed by atoms with Crippen LogP contribution in [-0.4, -0.2) is 25.5 Å². The molecule has 0 saturated carbocycles. The number of carbonyl (C=O) groups excluding carboxylic acids is 1. The number of hydrogen-bond acceptors (Lipinski definition) is 4. The van der Waals surface area contributed by atoms with E-state index in [9.17, 15) is 4.79 Å². The zero-order valence-electron chi connectivity index (χ0n) is 22.3. The van der Waals surface area contributed by atoms with Gasteiger partial charge in [-0.15, -0.1) is 0 Å². The Morgan fingerprint density at radius 2 is 1.15 bits per heavy atom. The topological polar surface area (TPSA) is 82.0 Å². The van der Waals surface area contributed by atoms with Crippen molar-refractivity contribution in [2.75, 3.05) is 4.90 Å². The molecule has 0 radical (unpaired) electrons. The first-order valence-electron chi connectivity index (χ1n) is 13.0. The van der Waals surface area contributed by atoms with Crippen molar-refractivity contribution in [2.45, 2.75) is 38.9 Å². The second kappa shape index (κ2) is 12.2. The van der Waals surface area contributed by atoms with E-state index in [1.54, 1.807) is 0 Å². The van der Waals surface area contributed by atoms with Gasteiger partial charge in [0.25, 0.3) is 0 Å². The Morgan fingerprint density at radius 1 is 0.725 bits per heavy atom. The van der Waals surface area contributed by atoms with Gasteiger partial charge in [-0.05, 0) is 52.4 Å². The number of primary amides is 1. The van der Waals surface area contributed by atoms with Crippen LogP contribution >= 0.6 is 31.9 Å². The van der Waals surface area contributed by atoms with Gasteiger partial charge in [-0.25, -0.2) is 0 Å². The first kappa shape index (κ1) is 27.9. The molecule has 40 heavy (non-hydrogen) atoms. The van der Waals surface area contributed by atoms with Crippen molar-refractivity contribution in [2.24, 2.45) is 5.73 Å². The van der Waals surface area contributed by atoms with Crippen LogP contribution in [0.25, 0.3) is 0 Å². The number of nitrogens with zero attached hydrogens (tertiary/aromatic N) is 5. The Balaban J connectivity index is 1.52. The monoisotopic (exact) mass is 660 g/mol. The van der Waals surface area contributed by atoms with Crippen LogP contribution in [0, 0.1) is 0 Å². The van der Waals surface area contributed by atoms with Crippen molar-refractivity contribution >= 4 is 49.4 Å². The minimum Gasteiger partial charge on any atom is -0.368 e. The van der Waals surface area contributed by atoms with Gasteiger partial charge in [-0.2, -0.15) is 10.2 Å². The van der Waals surface area contributed by atoms with E-state index in [2.05, 4.69) is 70.0 Å². The van der Waals surface area contributed by atoms with Gasteiger partial charge in [0, 0.05) is 33.5 Å². The summed E-state index contributed by atoms with van der Waals surface area (Å²) in [4.78, 5) is 14.9. The van der Waals surface area contributed by atoms with Gasteiger partial charge >= 0.3 is 0 Å². The molecule has 1 atom stereocenters. The highest BCUT2D eigenvalue weighted by Crippen LogP contribution is 2.34. The molecule has 5 aromatic rings. The quantitative estimate of drug-likeness (QED) is 0.172. The lowest BCUT2D eigenvalue weighted by atomic mass is 9.98. The van der Waals surface area contributed by atoms with Gasteiger partial charge in [0.2, 0.25) is 5.91 Å². The fraction of sp³-hybridized carbons (Fsp3) is 0.194. The summed E-state index contributed by atoms with van der Waals surface area (Å²) in [7, 11) is 0. The number of halogens is 2. The Bertz CT molecular complexity index is 1490. The van der Waals surface area contributed by atoms with Crippen molar-refractivity contribution in [1.29, 1.82) is 0 Å². The molecule has 2 heterocycles. The molecule has 0 aliphatic rings.